The summed E-state index contributed by atoms with van der Waals surface area (Å²) in [5.41, 5.74) is 0. The van der Waals surface area contributed by atoms with E-state index in [2.05, 4.69) is 15.5 Å². The Labute approximate surface area is 115 Å². The van der Waals surface area contributed by atoms with Gasteiger partial charge in [-0.2, -0.15) is 13.2 Å². The first-order valence-electron chi connectivity index (χ1n) is 5.23. The number of nitrogen functional groups attached to an aromatic ring is 1. The van der Waals surface area contributed by atoms with Crippen molar-refractivity contribution < 1.29 is 22.8 Å². The number of carbonyl (C=O) groups excluding carboxylic acids is 2. The van der Waals surface area contributed by atoms with Gasteiger partial charge in [0.1, 0.15) is 0 Å². The molecular weight excluding hydrogens is 301 g/mol. The zero-order chi connectivity index (χ0) is 15.3. The van der Waals surface area contributed by atoms with E-state index in [1.807, 2.05) is 5.32 Å². The average Bonchev–Trinajstić information content (AvgIpc) is 2.68. The third kappa shape index (κ3) is 4.29. The van der Waals surface area contributed by atoms with E-state index in [0.717, 1.165) is 0 Å². The molecule has 1 aromatic heterocycles. The topological polar surface area (TPSA) is 115 Å². The number of imide groups is 1. The Morgan fingerprint density at radius 1 is 1.40 bits per heavy atom. The van der Waals surface area contributed by atoms with Crippen molar-refractivity contribution in [2.45, 2.75) is 18.3 Å². The first-order valence-corrected chi connectivity index (χ1v) is 6.22. The highest BCUT2D eigenvalue weighted by molar-refractivity contribution is 7.99. The molecule has 0 fully saturated rings. The van der Waals surface area contributed by atoms with Crippen LogP contribution in [0.4, 0.5) is 18.0 Å². The lowest BCUT2D eigenvalue weighted by molar-refractivity contribution is -0.146. The molecule has 0 saturated carbocycles. The Morgan fingerprint density at radius 3 is 2.55 bits per heavy atom. The van der Waals surface area contributed by atoms with Crippen LogP contribution in [-0.2, 0) is 11.0 Å². The lowest BCUT2D eigenvalue weighted by Crippen LogP contribution is -2.40. The fourth-order valence-corrected chi connectivity index (χ4v) is 1.72. The molecule has 1 heterocycles. The summed E-state index contributed by atoms with van der Waals surface area (Å²) >= 11 is 0.624. The normalized spacial score (nSPS) is 11.2. The summed E-state index contributed by atoms with van der Waals surface area (Å²) in [7, 11) is 0. The van der Waals surface area contributed by atoms with E-state index in [-0.39, 0.29) is 15.6 Å². The van der Waals surface area contributed by atoms with E-state index in [1.54, 1.807) is 6.92 Å². The van der Waals surface area contributed by atoms with Gasteiger partial charge in [-0.25, -0.2) is 9.47 Å². The molecule has 0 aliphatic heterocycles. The summed E-state index contributed by atoms with van der Waals surface area (Å²) < 4.78 is 37.4. The summed E-state index contributed by atoms with van der Waals surface area (Å²) in [5, 5.41) is 10.1. The molecule has 0 atom stereocenters. The molecule has 12 heteroatoms. The maximum Gasteiger partial charge on any atom is 0.453 e. The van der Waals surface area contributed by atoms with Gasteiger partial charge in [0, 0.05) is 6.54 Å². The van der Waals surface area contributed by atoms with E-state index in [0.29, 0.717) is 18.3 Å². The van der Waals surface area contributed by atoms with E-state index >= 15 is 0 Å². The van der Waals surface area contributed by atoms with Crippen molar-refractivity contribution in [2.24, 2.45) is 0 Å². The quantitative estimate of drug-likeness (QED) is 0.530. The Hall–Kier alpha value is -1.98. The van der Waals surface area contributed by atoms with Crippen molar-refractivity contribution in [3.8, 4) is 0 Å². The van der Waals surface area contributed by atoms with Crippen LogP contribution in [0.25, 0.3) is 0 Å². The Kier molecular flexibility index (Phi) is 5.19. The largest absolute Gasteiger partial charge is 0.453 e. The number of halogens is 3. The first kappa shape index (κ1) is 16.1. The summed E-state index contributed by atoms with van der Waals surface area (Å²) in [6, 6.07) is -0.691. The number of urea groups is 1. The number of hydrogen-bond acceptors (Lipinski definition) is 6. The zero-order valence-corrected chi connectivity index (χ0v) is 11.0. The average molecular weight is 312 g/mol. The van der Waals surface area contributed by atoms with Crippen molar-refractivity contribution in [2.75, 3.05) is 18.1 Å². The standard InChI is InChI=1S/C8H11F3N6O2S/c1-2-13-6(19)14-4(18)3-20-7-16-15-5(17(7)12)8(9,10)11/h2-3,12H2,1H3,(H2,13,14,18,19). The van der Waals surface area contributed by atoms with Gasteiger partial charge in [-0.15, -0.1) is 10.2 Å². The van der Waals surface area contributed by atoms with E-state index < -0.39 is 23.9 Å². The SMILES string of the molecule is CCNC(=O)NC(=O)CSc1nnc(C(F)(F)F)n1N. The van der Waals surface area contributed by atoms with Crippen LogP contribution in [-0.4, -0.2) is 39.1 Å². The van der Waals surface area contributed by atoms with Gasteiger partial charge in [0.15, 0.2) is 0 Å². The molecule has 0 aliphatic rings. The van der Waals surface area contributed by atoms with Gasteiger partial charge >= 0.3 is 12.2 Å². The third-order valence-electron chi connectivity index (χ3n) is 1.84. The summed E-state index contributed by atoms with van der Waals surface area (Å²) in [4.78, 5) is 22.3. The van der Waals surface area contributed by atoms with Gasteiger partial charge < -0.3 is 11.2 Å². The number of nitrogens with two attached hydrogens (primary N) is 1. The van der Waals surface area contributed by atoms with Crippen LogP contribution in [0.2, 0.25) is 0 Å². The second kappa shape index (κ2) is 6.45. The van der Waals surface area contributed by atoms with E-state index in [4.69, 9.17) is 5.84 Å². The molecule has 3 amide bonds. The number of thioether (sulfide) groups is 1. The van der Waals surface area contributed by atoms with Gasteiger partial charge in [-0.3, -0.25) is 10.1 Å². The van der Waals surface area contributed by atoms with Gasteiger partial charge in [-0.05, 0) is 6.92 Å². The summed E-state index contributed by atoms with van der Waals surface area (Å²) in [6.07, 6.45) is -4.73. The highest BCUT2D eigenvalue weighted by Crippen LogP contribution is 2.28. The lowest BCUT2D eigenvalue weighted by Gasteiger charge is -2.06. The van der Waals surface area contributed by atoms with Crippen molar-refractivity contribution in [3.63, 3.8) is 0 Å². The fourth-order valence-electron chi connectivity index (χ4n) is 1.07. The molecule has 112 valence electrons. The third-order valence-corrected chi connectivity index (χ3v) is 2.78. The molecule has 0 radical (unpaired) electrons. The fraction of sp³-hybridized carbons (Fsp3) is 0.500. The predicted molar refractivity (Wildman–Crippen MR) is 63.1 cm³/mol. The predicted octanol–water partition coefficient (Wildman–Crippen LogP) is -0.0515. The monoisotopic (exact) mass is 312 g/mol. The van der Waals surface area contributed by atoms with Crippen molar-refractivity contribution >= 4 is 23.7 Å². The van der Waals surface area contributed by atoms with Crippen LogP contribution >= 0.6 is 11.8 Å². The number of aromatic nitrogens is 3. The van der Waals surface area contributed by atoms with Crippen molar-refractivity contribution in [1.29, 1.82) is 0 Å². The zero-order valence-electron chi connectivity index (χ0n) is 10.2. The smallest absolute Gasteiger partial charge is 0.338 e. The number of amides is 3. The molecule has 0 bridgehead atoms. The summed E-state index contributed by atoms with van der Waals surface area (Å²) in [6.45, 7) is 1.99. The minimum Gasteiger partial charge on any atom is -0.338 e. The molecule has 8 nitrogen and oxygen atoms in total. The minimum atomic E-state index is -4.73. The number of nitrogens with one attached hydrogen (secondary N) is 2. The number of rotatable bonds is 4. The van der Waals surface area contributed by atoms with Gasteiger partial charge in [-0.1, -0.05) is 11.8 Å². The molecule has 0 unspecified atom stereocenters. The number of alkyl halides is 3. The maximum atomic E-state index is 12.4. The molecule has 0 aliphatic carbocycles. The van der Waals surface area contributed by atoms with Crippen LogP contribution in [0.15, 0.2) is 5.16 Å². The number of carbonyl (C=O) groups is 2. The highest BCUT2D eigenvalue weighted by atomic mass is 32.2. The second-order valence-electron chi connectivity index (χ2n) is 3.37. The van der Waals surface area contributed by atoms with Crippen LogP contribution in [0.5, 0.6) is 0 Å². The molecule has 0 aromatic carbocycles. The lowest BCUT2D eigenvalue weighted by atomic mass is 10.6. The van der Waals surface area contributed by atoms with Crippen LogP contribution < -0.4 is 16.5 Å². The van der Waals surface area contributed by atoms with Crippen LogP contribution in [0, 0.1) is 0 Å². The number of nitrogens with zero attached hydrogens (tertiary/aromatic N) is 3. The maximum absolute atomic E-state index is 12.4. The summed E-state index contributed by atoms with van der Waals surface area (Å²) in [5.74, 6) is 2.77. The molecular formula is C8H11F3N6O2S. The highest BCUT2D eigenvalue weighted by Gasteiger charge is 2.38. The molecule has 1 rings (SSSR count). The number of hydrogen-bond donors (Lipinski definition) is 3. The van der Waals surface area contributed by atoms with E-state index in [9.17, 15) is 22.8 Å². The van der Waals surface area contributed by atoms with Gasteiger partial charge in [0.05, 0.1) is 5.75 Å². The van der Waals surface area contributed by atoms with Crippen LogP contribution in [0.1, 0.15) is 12.7 Å². The van der Waals surface area contributed by atoms with Gasteiger partial charge in [0.25, 0.3) is 5.82 Å². The van der Waals surface area contributed by atoms with Gasteiger partial charge in [0.2, 0.25) is 11.1 Å². The van der Waals surface area contributed by atoms with Crippen LogP contribution in [0.3, 0.4) is 0 Å². The molecule has 4 N–H and O–H groups in total. The molecule has 20 heavy (non-hydrogen) atoms. The second-order valence-corrected chi connectivity index (χ2v) is 4.31. The van der Waals surface area contributed by atoms with Crippen molar-refractivity contribution in [1.82, 2.24) is 25.5 Å². The minimum absolute atomic E-state index is 0.240. The first-order chi connectivity index (χ1) is 9.25. The van der Waals surface area contributed by atoms with Crippen molar-refractivity contribution in [3.05, 3.63) is 5.82 Å². The Balaban J connectivity index is 2.57. The van der Waals surface area contributed by atoms with E-state index in [1.165, 1.54) is 0 Å². The molecule has 0 spiro atoms. The Bertz CT molecular complexity index is 503. The molecule has 0 saturated heterocycles. The molecule has 1 aromatic rings. The Morgan fingerprint density at radius 2 is 2.05 bits per heavy atom.